The van der Waals surface area contributed by atoms with Gasteiger partial charge in [-0.3, -0.25) is 0 Å². The van der Waals surface area contributed by atoms with E-state index in [0.717, 1.165) is 4.31 Å². The molecular weight excluding hydrogens is 260 g/mol. The van der Waals surface area contributed by atoms with Crippen LogP contribution in [0.1, 0.15) is 5.56 Å². The van der Waals surface area contributed by atoms with Crippen LogP contribution in [0.5, 0.6) is 0 Å². The summed E-state index contributed by atoms with van der Waals surface area (Å²) < 4.78 is 25.2. The Morgan fingerprint density at radius 3 is 2.71 bits per heavy atom. The summed E-state index contributed by atoms with van der Waals surface area (Å²) >= 11 is 5.85. The van der Waals surface area contributed by atoms with E-state index in [1.165, 1.54) is 31.3 Å². The zero-order chi connectivity index (χ0) is 13.1. The molecule has 0 heterocycles. The molecule has 1 aromatic rings. The van der Waals surface area contributed by atoms with Crippen LogP contribution in [-0.4, -0.2) is 26.3 Å². The van der Waals surface area contributed by atoms with Gasteiger partial charge in [0.15, 0.2) is 0 Å². The van der Waals surface area contributed by atoms with Crippen molar-refractivity contribution < 1.29 is 8.42 Å². The van der Waals surface area contributed by atoms with Gasteiger partial charge in [-0.1, -0.05) is 17.7 Å². The molecule has 0 atom stereocenters. The number of hydrogen-bond donors (Lipinski definition) is 0. The molecular formula is C11H11ClN2O2S. The number of benzene rings is 1. The number of rotatable bonds is 4. The topological polar surface area (TPSA) is 61.2 Å². The summed E-state index contributed by atoms with van der Waals surface area (Å²) in [6.07, 6.45) is 1.48. The number of halogens is 1. The predicted molar refractivity (Wildman–Crippen MR) is 66.2 cm³/mol. The summed E-state index contributed by atoms with van der Waals surface area (Å²) in [4.78, 5) is -0.0116. The molecule has 0 aliphatic heterocycles. The maximum Gasteiger partial charge on any atom is 0.244 e. The molecule has 4 nitrogen and oxygen atoms in total. The molecule has 0 unspecified atom stereocenters. The van der Waals surface area contributed by atoms with Gasteiger partial charge >= 0.3 is 0 Å². The standard InChI is InChI=1S/C11H11ClN2O2S/c1-3-6-14(2)17(15,16)11-5-4-9(8-13)7-10(11)12/h3-5,7H,1,6H2,2H3. The molecule has 1 rings (SSSR count). The van der Waals surface area contributed by atoms with Crippen molar-refractivity contribution in [3.63, 3.8) is 0 Å². The van der Waals surface area contributed by atoms with Crippen molar-refractivity contribution in [1.29, 1.82) is 5.26 Å². The van der Waals surface area contributed by atoms with Gasteiger partial charge in [0.25, 0.3) is 0 Å². The van der Waals surface area contributed by atoms with Crippen LogP contribution in [0.3, 0.4) is 0 Å². The molecule has 90 valence electrons. The van der Waals surface area contributed by atoms with E-state index in [2.05, 4.69) is 6.58 Å². The molecule has 0 aliphatic rings. The van der Waals surface area contributed by atoms with Gasteiger partial charge in [0.2, 0.25) is 10.0 Å². The van der Waals surface area contributed by atoms with Crippen molar-refractivity contribution in [3.05, 3.63) is 41.4 Å². The van der Waals surface area contributed by atoms with Crippen LogP contribution in [0.15, 0.2) is 35.7 Å². The number of sulfonamides is 1. The van der Waals surface area contributed by atoms with Gasteiger partial charge in [-0.05, 0) is 18.2 Å². The third kappa shape index (κ3) is 2.86. The highest BCUT2D eigenvalue weighted by atomic mass is 35.5. The fourth-order valence-electron chi connectivity index (χ4n) is 1.23. The summed E-state index contributed by atoms with van der Waals surface area (Å²) in [7, 11) is -2.20. The molecule has 0 amide bonds. The average Bonchev–Trinajstić information content (AvgIpc) is 2.28. The number of hydrogen-bond acceptors (Lipinski definition) is 3. The smallest absolute Gasteiger partial charge is 0.207 e. The van der Waals surface area contributed by atoms with Crippen LogP contribution in [0.4, 0.5) is 0 Å². The Labute approximate surface area is 106 Å². The lowest BCUT2D eigenvalue weighted by molar-refractivity contribution is 0.499. The first kappa shape index (κ1) is 13.7. The van der Waals surface area contributed by atoms with Crippen LogP contribution >= 0.6 is 11.6 Å². The van der Waals surface area contributed by atoms with E-state index in [-0.39, 0.29) is 16.5 Å². The fourth-order valence-corrected chi connectivity index (χ4v) is 2.88. The van der Waals surface area contributed by atoms with Crippen LogP contribution in [0.25, 0.3) is 0 Å². The Balaban J connectivity index is 3.26. The minimum Gasteiger partial charge on any atom is -0.207 e. The van der Waals surface area contributed by atoms with E-state index in [4.69, 9.17) is 16.9 Å². The van der Waals surface area contributed by atoms with Crippen LogP contribution in [-0.2, 0) is 10.0 Å². The van der Waals surface area contributed by atoms with Crippen molar-refractivity contribution in [2.75, 3.05) is 13.6 Å². The van der Waals surface area contributed by atoms with Gasteiger partial charge in [0.05, 0.1) is 16.7 Å². The summed E-state index contributed by atoms with van der Waals surface area (Å²) in [6.45, 7) is 3.67. The molecule has 6 heteroatoms. The zero-order valence-electron chi connectivity index (χ0n) is 9.22. The Morgan fingerprint density at radius 1 is 1.59 bits per heavy atom. The van der Waals surface area contributed by atoms with Crippen molar-refractivity contribution >= 4 is 21.6 Å². The number of nitrogens with zero attached hydrogens (tertiary/aromatic N) is 2. The zero-order valence-corrected chi connectivity index (χ0v) is 10.8. The van der Waals surface area contributed by atoms with E-state index >= 15 is 0 Å². The molecule has 0 aliphatic carbocycles. The second kappa shape index (κ2) is 5.32. The lowest BCUT2D eigenvalue weighted by Crippen LogP contribution is -2.27. The Hall–Kier alpha value is -1.35. The predicted octanol–water partition coefficient (Wildman–Crippen LogP) is 2.02. The maximum absolute atomic E-state index is 12.1. The van der Waals surface area contributed by atoms with Gasteiger partial charge in [-0.15, -0.1) is 6.58 Å². The average molecular weight is 271 g/mol. The Morgan fingerprint density at radius 2 is 2.24 bits per heavy atom. The molecule has 0 bridgehead atoms. The molecule has 0 saturated heterocycles. The lowest BCUT2D eigenvalue weighted by Gasteiger charge is -2.16. The van der Waals surface area contributed by atoms with Gasteiger partial charge in [0, 0.05) is 13.6 Å². The van der Waals surface area contributed by atoms with Gasteiger partial charge < -0.3 is 0 Å². The molecule has 0 radical (unpaired) electrons. The van der Waals surface area contributed by atoms with Crippen molar-refractivity contribution in [2.45, 2.75) is 4.90 Å². The van der Waals surface area contributed by atoms with Crippen molar-refractivity contribution in [2.24, 2.45) is 0 Å². The molecule has 1 aromatic carbocycles. The molecule has 0 fully saturated rings. The van der Waals surface area contributed by atoms with Crippen LogP contribution < -0.4 is 0 Å². The van der Waals surface area contributed by atoms with Gasteiger partial charge in [0.1, 0.15) is 4.90 Å². The number of likely N-dealkylation sites (N-methyl/N-ethyl adjacent to an activating group) is 1. The highest BCUT2D eigenvalue weighted by Gasteiger charge is 2.22. The van der Waals surface area contributed by atoms with Crippen LogP contribution in [0, 0.1) is 11.3 Å². The van der Waals surface area contributed by atoms with Gasteiger partial charge in [-0.25, -0.2) is 8.42 Å². The van der Waals surface area contributed by atoms with E-state index in [1.54, 1.807) is 0 Å². The maximum atomic E-state index is 12.1. The first-order chi connectivity index (χ1) is 7.93. The summed E-state index contributed by atoms with van der Waals surface area (Å²) in [5.74, 6) is 0. The normalized spacial score (nSPS) is 11.2. The van der Waals surface area contributed by atoms with E-state index in [0.29, 0.717) is 5.56 Å². The fraction of sp³-hybridized carbons (Fsp3) is 0.182. The largest absolute Gasteiger partial charge is 0.244 e. The summed E-state index contributed by atoms with van der Waals surface area (Å²) in [6, 6.07) is 5.97. The highest BCUT2D eigenvalue weighted by molar-refractivity contribution is 7.89. The van der Waals surface area contributed by atoms with Gasteiger partial charge in [-0.2, -0.15) is 9.57 Å². The molecule has 0 N–H and O–H groups in total. The first-order valence-corrected chi connectivity index (χ1v) is 6.52. The molecule has 0 saturated carbocycles. The van der Waals surface area contributed by atoms with E-state index in [1.807, 2.05) is 6.07 Å². The molecule has 17 heavy (non-hydrogen) atoms. The van der Waals surface area contributed by atoms with Crippen molar-refractivity contribution in [1.82, 2.24) is 4.31 Å². The third-order valence-corrected chi connectivity index (χ3v) is 4.44. The van der Waals surface area contributed by atoms with E-state index in [9.17, 15) is 8.42 Å². The second-order valence-electron chi connectivity index (χ2n) is 3.33. The molecule has 0 aromatic heterocycles. The Bertz CT molecular complexity index is 576. The SMILES string of the molecule is C=CCN(C)S(=O)(=O)c1ccc(C#N)cc1Cl. The summed E-state index contributed by atoms with van der Waals surface area (Å²) in [5, 5.41) is 8.71. The highest BCUT2D eigenvalue weighted by Crippen LogP contribution is 2.24. The minimum absolute atomic E-state index is 0.0116. The third-order valence-electron chi connectivity index (χ3n) is 2.14. The monoisotopic (exact) mass is 270 g/mol. The number of nitriles is 1. The lowest BCUT2D eigenvalue weighted by atomic mass is 10.2. The first-order valence-electron chi connectivity index (χ1n) is 4.70. The van der Waals surface area contributed by atoms with Crippen molar-refractivity contribution in [3.8, 4) is 6.07 Å². The van der Waals surface area contributed by atoms with E-state index < -0.39 is 10.0 Å². The second-order valence-corrected chi connectivity index (χ2v) is 5.75. The summed E-state index contributed by atoms with van der Waals surface area (Å²) in [5.41, 5.74) is 0.320. The quantitative estimate of drug-likeness (QED) is 0.787. The van der Waals surface area contributed by atoms with Crippen LogP contribution in [0.2, 0.25) is 5.02 Å². The molecule has 0 spiro atoms. The minimum atomic E-state index is -3.64. The Kier molecular flexibility index (Phi) is 4.29.